The molecule has 1 aromatic heterocycles. The van der Waals surface area contributed by atoms with E-state index in [0.29, 0.717) is 5.57 Å². The first-order valence-corrected chi connectivity index (χ1v) is 8.12. The van der Waals surface area contributed by atoms with E-state index in [1.807, 2.05) is 0 Å². The van der Waals surface area contributed by atoms with Gasteiger partial charge in [-0.25, -0.2) is 9.59 Å². The Morgan fingerprint density at radius 2 is 1.43 bits per heavy atom. The third kappa shape index (κ3) is 3.43. The monoisotopic (exact) mass is 387 g/mol. The average molecular weight is 387 g/mol. The minimum Gasteiger partial charge on any atom is -0.859 e. The Balaban J connectivity index is 2.38. The van der Waals surface area contributed by atoms with Gasteiger partial charge in [0.05, 0.1) is 0 Å². The maximum absolute atomic E-state index is 12.1. The summed E-state index contributed by atoms with van der Waals surface area (Å²) in [6.07, 6.45) is 5.41. The predicted octanol–water partition coefficient (Wildman–Crippen LogP) is -0.906. The largest absolute Gasteiger partial charge is 0.859 e. The number of hydrogen-bond donors (Lipinski definition) is 0. The van der Waals surface area contributed by atoms with Crippen molar-refractivity contribution >= 4 is 23.9 Å². The smallest absolute Gasteiger partial charge is 0.333 e. The third-order valence-electron chi connectivity index (χ3n) is 4.31. The van der Waals surface area contributed by atoms with Gasteiger partial charge < -0.3 is 9.67 Å². The van der Waals surface area contributed by atoms with Gasteiger partial charge in [-0.2, -0.15) is 0 Å². The Morgan fingerprint density at radius 1 is 0.893 bits per heavy atom. The first kappa shape index (κ1) is 20.6. The molecule has 1 fully saturated rings. The van der Waals surface area contributed by atoms with Gasteiger partial charge in [0.15, 0.2) is 0 Å². The fourth-order valence-electron chi connectivity index (χ4n) is 2.47. The molecule has 0 N–H and O–H groups in total. The van der Waals surface area contributed by atoms with Crippen molar-refractivity contribution in [2.24, 2.45) is 14.1 Å². The molecular weight excluding hydrogens is 368 g/mol. The van der Waals surface area contributed by atoms with Crippen LogP contribution in [-0.2, 0) is 23.7 Å². The van der Waals surface area contributed by atoms with E-state index in [1.54, 1.807) is 6.92 Å². The number of nitrogens with zero attached hydrogens (tertiary/aromatic N) is 4. The number of urea groups is 1. The molecule has 0 aliphatic carbocycles. The van der Waals surface area contributed by atoms with E-state index in [0.717, 1.165) is 18.9 Å². The summed E-state index contributed by atoms with van der Waals surface area (Å²) in [5.74, 6) is -2.18. The Hall–Kier alpha value is -3.69. The fraction of sp³-hybridized carbons (Fsp3) is 0.278. The molecule has 1 aromatic rings. The van der Waals surface area contributed by atoms with Crippen LogP contribution in [0.15, 0.2) is 39.0 Å². The first-order chi connectivity index (χ1) is 13.0. The van der Waals surface area contributed by atoms with Crippen molar-refractivity contribution in [3.8, 4) is 5.88 Å². The maximum Gasteiger partial charge on any atom is 0.333 e. The van der Waals surface area contributed by atoms with Gasteiger partial charge in [0, 0.05) is 33.8 Å². The highest BCUT2D eigenvalue weighted by Crippen LogP contribution is 2.15. The number of likely N-dealkylation sites (N-methyl/N-ethyl adjacent to an activating group) is 2. The second-order valence-corrected chi connectivity index (χ2v) is 6.26. The highest BCUT2D eigenvalue weighted by atomic mass is 16.3. The summed E-state index contributed by atoms with van der Waals surface area (Å²) in [5.41, 5.74) is -1.32. The minimum atomic E-state index is -0.727. The van der Waals surface area contributed by atoms with Crippen LogP contribution in [0.5, 0.6) is 5.88 Å². The third-order valence-corrected chi connectivity index (χ3v) is 4.31. The number of carbonyl (C=O) groups is 3. The van der Waals surface area contributed by atoms with Gasteiger partial charge in [-0.1, -0.05) is 17.7 Å². The van der Waals surface area contributed by atoms with Crippen LogP contribution in [0.1, 0.15) is 12.5 Å². The molecule has 0 atom stereocenters. The van der Waals surface area contributed by atoms with Gasteiger partial charge >= 0.3 is 11.7 Å². The van der Waals surface area contributed by atoms with Gasteiger partial charge in [0.2, 0.25) is 0 Å². The summed E-state index contributed by atoms with van der Waals surface area (Å²) >= 11 is 0. The maximum atomic E-state index is 12.1. The molecule has 28 heavy (non-hydrogen) atoms. The Morgan fingerprint density at radius 3 is 1.96 bits per heavy atom. The zero-order chi connectivity index (χ0) is 21.3. The summed E-state index contributed by atoms with van der Waals surface area (Å²) in [6, 6.07) is -0.721. The van der Waals surface area contributed by atoms with E-state index >= 15 is 0 Å². The SMILES string of the molecule is CC(/C=C/c1c([O-])n(C)c(=O)n(C)c1=O)=C\C=C1C(=O)N(C)C(=O)N(C)C1=O. The van der Waals surface area contributed by atoms with Crippen LogP contribution >= 0.6 is 0 Å². The second-order valence-electron chi connectivity index (χ2n) is 6.26. The zero-order valence-electron chi connectivity index (χ0n) is 16.0. The summed E-state index contributed by atoms with van der Waals surface area (Å²) in [4.78, 5) is 61.4. The molecule has 148 valence electrons. The molecular formula is C18H19N4O6-. The number of imide groups is 2. The topological polar surface area (TPSA) is 125 Å². The van der Waals surface area contributed by atoms with Gasteiger partial charge in [0.1, 0.15) is 5.57 Å². The van der Waals surface area contributed by atoms with Gasteiger partial charge in [-0.05, 0) is 25.0 Å². The van der Waals surface area contributed by atoms with Gasteiger partial charge in [-0.3, -0.25) is 28.8 Å². The quantitative estimate of drug-likeness (QED) is 0.376. The number of carbonyl (C=O) groups excluding carboxylic acids is 3. The van der Waals surface area contributed by atoms with E-state index in [1.165, 1.54) is 52.5 Å². The lowest BCUT2D eigenvalue weighted by Crippen LogP contribution is -2.52. The van der Waals surface area contributed by atoms with Crippen molar-refractivity contribution in [3.63, 3.8) is 0 Å². The lowest BCUT2D eigenvalue weighted by molar-refractivity contribution is -0.280. The molecule has 10 nitrogen and oxygen atoms in total. The highest BCUT2D eigenvalue weighted by Gasteiger charge is 2.37. The van der Waals surface area contributed by atoms with Crippen LogP contribution in [0.4, 0.5) is 4.79 Å². The van der Waals surface area contributed by atoms with Gasteiger partial charge in [0.25, 0.3) is 17.4 Å². The molecule has 0 radical (unpaired) electrons. The van der Waals surface area contributed by atoms with Crippen molar-refractivity contribution in [2.45, 2.75) is 6.92 Å². The molecule has 0 bridgehead atoms. The Labute approximate surface area is 159 Å². The number of barbiturate groups is 1. The average Bonchev–Trinajstić information content (AvgIpc) is 2.67. The first-order valence-electron chi connectivity index (χ1n) is 8.12. The molecule has 0 saturated carbocycles. The second kappa shape index (κ2) is 7.51. The normalized spacial score (nSPS) is 15.8. The summed E-state index contributed by atoms with van der Waals surface area (Å²) in [7, 11) is 5.07. The van der Waals surface area contributed by atoms with Crippen molar-refractivity contribution in [1.29, 1.82) is 0 Å². The van der Waals surface area contributed by atoms with E-state index in [9.17, 15) is 29.1 Å². The molecule has 10 heteroatoms. The number of rotatable bonds is 3. The lowest BCUT2D eigenvalue weighted by atomic mass is 10.1. The van der Waals surface area contributed by atoms with Crippen LogP contribution in [0.3, 0.4) is 0 Å². The highest BCUT2D eigenvalue weighted by molar-refractivity contribution is 6.28. The fourth-order valence-corrected chi connectivity index (χ4v) is 2.47. The van der Waals surface area contributed by atoms with Crippen molar-refractivity contribution < 1.29 is 19.5 Å². The summed E-state index contributed by atoms with van der Waals surface area (Å²) in [6.45, 7) is 1.63. The summed E-state index contributed by atoms with van der Waals surface area (Å²) in [5, 5.41) is 12.1. The Bertz CT molecular complexity index is 1060. The molecule has 2 rings (SSSR count). The van der Waals surface area contributed by atoms with Crippen LogP contribution < -0.4 is 16.4 Å². The van der Waals surface area contributed by atoms with Crippen molar-refractivity contribution in [3.05, 3.63) is 55.8 Å². The molecule has 0 unspecified atom stereocenters. The number of hydrogen-bond acceptors (Lipinski definition) is 6. The molecule has 0 spiro atoms. The van der Waals surface area contributed by atoms with E-state index in [4.69, 9.17) is 0 Å². The summed E-state index contributed by atoms with van der Waals surface area (Å²) < 4.78 is 1.65. The van der Waals surface area contributed by atoms with E-state index in [-0.39, 0.29) is 11.1 Å². The molecule has 1 aliphatic rings. The van der Waals surface area contributed by atoms with Crippen molar-refractivity contribution in [2.75, 3.05) is 14.1 Å². The predicted molar refractivity (Wildman–Crippen MR) is 98.2 cm³/mol. The number of allylic oxidation sites excluding steroid dienone is 4. The molecule has 4 amide bonds. The van der Waals surface area contributed by atoms with E-state index < -0.39 is 35.0 Å². The van der Waals surface area contributed by atoms with E-state index in [2.05, 4.69) is 0 Å². The molecule has 1 saturated heterocycles. The number of aromatic nitrogens is 2. The van der Waals surface area contributed by atoms with Gasteiger partial charge in [-0.15, -0.1) is 0 Å². The van der Waals surface area contributed by atoms with Crippen molar-refractivity contribution in [1.82, 2.24) is 18.9 Å². The molecule has 2 heterocycles. The molecule has 1 aliphatic heterocycles. The molecule has 0 aromatic carbocycles. The zero-order valence-corrected chi connectivity index (χ0v) is 16.0. The number of amides is 4. The van der Waals surface area contributed by atoms with Crippen LogP contribution in [0.2, 0.25) is 0 Å². The Kier molecular flexibility index (Phi) is 5.53. The minimum absolute atomic E-state index is 0.195. The van der Waals surface area contributed by atoms with Crippen LogP contribution in [-0.4, -0.2) is 50.9 Å². The van der Waals surface area contributed by atoms with Crippen LogP contribution in [0, 0.1) is 0 Å². The van der Waals surface area contributed by atoms with Crippen LogP contribution in [0.25, 0.3) is 6.08 Å². The lowest BCUT2D eigenvalue weighted by Gasteiger charge is -2.28. The standard InChI is InChI=1S/C18H20N4O6/c1-10(6-8-11-13(23)19(2)17(27)20(3)14(11)24)7-9-12-15(25)21(4)18(28)22(5)16(12)26/h6-9,23H,1-5H3/p-1/b8-6+,10-7+.